The van der Waals surface area contributed by atoms with Crippen LogP contribution in [0.25, 0.3) is 0 Å². The van der Waals surface area contributed by atoms with Crippen molar-refractivity contribution in [1.29, 1.82) is 0 Å². The number of benzene rings is 2. The summed E-state index contributed by atoms with van der Waals surface area (Å²) in [6.45, 7) is 5.66. The summed E-state index contributed by atoms with van der Waals surface area (Å²) in [5.41, 5.74) is 1.14. The Balaban J connectivity index is 2.07. The van der Waals surface area contributed by atoms with Crippen LogP contribution in [-0.4, -0.2) is 22.0 Å². The van der Waals surface area contributed by atoms with Crippen molar-refractivity contribution in [3.8, 4) is 0 Å². The molecule has 0 unspecified atom stereocenters. The minimum absolute atomic E-state index is 0.216. The molecule has 1 heterocycles. The zero-order valence-corrected chi connectivity index (χ0v) is 15.7. The summed E-state index contributed by atoms with van der Waals surface area (Å²) in [5, 5.41) is 0. The highest BCUT2D eigenvalue weighted by molar-refractivity contribution is 7.85. The average Bonchev–Trinajstić information content (AvgIpc) is 3.37. The smallest absolute Gasteiger partial charge is 0.238 e. The molecule has 0 saturated carbocycles. The van der Waals surface area contributed by atoms with E-state index in [2.05, 4.69) is 4.40 Å². The van der Waals surface area contributed by atoms with Crippen molar-refractivity contribution >= 4 is 16.9 Å². The van der Waals surface area contributed by atoms with Gasteiger partial charge in [0.2, 0.25) is 5.90 Å². The number of epoxide rings is 1. The molecule has 0 aromatic heterocycles. The average molecular weight is 357 g/mol. The van der Waals surface area contributed by atoms with Crippen LogP contribution in [-0.2, 0) is 26.1 Å². The molecule has 0 bridgehead atoms. The van der Waals surface area contributed by atoms with Crippen LogP contribution in [0, 0.1) is 0 Å². The molecule has 2 aromatic carbocycles. The predicted octanol–water partition coefficient (Wildman–Crippen LogP) is 4.16. The van der Waals surface area contributed by atoms with E-state index in [-0.39, 0.29) is 6.10 Å². The van der Waals surface area contributed by atoms with Crippen LogP contribution in [0.3, 0.4) is 0 Å². The summed E-state index contributed by atoms with van der Waals surface area (Å²) >= 11 is 0. The third kappa shape index (κ3) is 3.39. The molecule has 4 nitrogen and oxygen atoms in total. The van der Waals surface area contributed by atoms with Crippen molar-refractivity contribution in [2.45, 2.75) is 37.2 Å². The van der Waals surface area contributed by atoms with E-state index in [1.54, 1.807) is 7.11 Å². The summed E-state index contributed by atoms with van der Waals surface area (Å²) in [6, 6.07) is 19.8. The summed E-state index contributed by atoms with van der Waals surface area (Å²) in [6.07, 6.45) is -0.216. The second kappa shape index (κ2) is 6.73. The Morgan fingerprint density at radius 3 is 2.16 bits per heavy atom. The van der Waals surface area contributed by atoms with Crippen molar-refractivity contribution in [3.05, 3.63) is 71.8 Å². The van der Waals surface area contributed by atoms with Gasteiger partial charge in [-0.15, -0.1) is 0 Å². The Hall–Kier alpha value is -1.98. The number of methoxy groups -OCH3 is 1. The van der Waals surface area contributed by atoms with Crippen LogP contribution < -0.4 is 0 Å². The Kier molecular flexibility index (Phi) is 4.80. The Morgan fingerprint density at radius 2 is 1.64 bits per heavy atom. The molecule has 1 fully saturated rings. The molecule has 0 radical (unpaired) electrons. The van der Waals surface area contributed by atoms with Crippen LogP contribution in [0.1, 0.15) is 38.0 Å². The molecule has 1 aliphatic rings. The van der Waals surface area contributed by atoms with Crippen molar-refractivity contribution in [2.24, 2.45) is 4.40 Å². The van der Waals surface area contributed by atoms with Gasteiger partial charge in [-0.05, 0) is 31.9 Å². The molecule has 25 heavy (non-hydrogen) atoms. The molecule has 5 heteroatoms. The molecule has 0 N–H and O–H groups in total. The van der Waals surface area contributed by atoms with Crippen LogP contribution in [0.5, 0.6) is 0 Å². The van der Waals surface area contributed by atoms with Crippen molar-refractivity contribution in [3.63, 3.8) is 0 Å². The maximum Gasteiger partial charge on any atom is 0.238 e. The molecule has 1 aliphatic heterocycles. The van der Waals surface area contributed by atoms with Crippen LogP contribution in [0.15, 0.2) is 65.1 Å². The molecule has 0 aliphatic carbocycles. The molecule has 3 rings (SSSR count). The summed E-state index contributed by atoms with van der Waals surface area (Å²) in [4.78, 5) is 0. The number of nitrogens with zero attached hydrogens (tertiary/aromatic N) is 1. The molecule has 0 spiro atoms. The second-order valence-corrected chi connectivity index (χ2v) is 8.88. The lowest BCUT2D eigenvalue weighted by Gasteiger charge is -2.18. The lowest BCUT2D eigenvalue weighted by Crippen LogP contribution is -2.28. The van der Waals surface area contributed by atoms with Crippen molar-refractivity contribution < 1.29 is 13.7 Å². The van der Waals surface area contributed by atoms with Gasteiger partial charge in [0.25, 0.3) is 0 Å². The first-order valence-corrected chi connectivity index (χ1v) is 9.33. The number of hydrogen-bond acceptors (Lipinski definition) is 3. The van der Waals surface area contributed by atoms with Crippen molar-refractivity contribution in [1.82, 2.24) is 0 Å². The molecule has 3 atom stereocenters. The molecule has 2 aromatic rings. The maximum atomic E-state index is 12.6. The van der Waals surface area contributed by atoms with E-state index in [1.807, 2.05) is 81.4 Å². The van der Waals surface area contributed by atoms with E-state index in [0.29, 0.717) is 5.90 Å². The molecule has 132 valence electrons. The van der Waals surface area contributed by atoms with E-state index in [9.17, 15) is 4.21 Å². The van der Waals surface area contributed by atoms with E-state index >= 15 is 0 Å². The fourth-order valence-corrected chi connectivity index (χ4v) is 3.38. The van der Waals surface area contributed by atoms with Crippen LogP contribution in [0.2, 0.25) is 0 Å². The maximum absolute atomic E-state index is 12.6. The third-order valence-corrected chi connectivity index (χ3v) is 5.50. The second-order valence-electron chi connectivity index (χ2n) is 6.97. The van der Waals surface area contributed by atoms with Gasteiger partial charge in [-0.25, -0.2) is 4.21 Å². The monoisotopic (exact) mass is 357 g/mol. The van der Waals surface area contributed by atoms with Gasteiger partial charge in [0.1, 0.15) is 17.1 Å². The number of hydrogen-bond donors (Lipinski definition) is 0. The number of ether oxygens (including phenoxy) is 2. The third-order valence-electron chi connectivity index (χ3n) is 4.12. The van der Waals surface area contributed by atoms with E-state index < -0.39 is 21.3 Å². The lowest BCUT2D eigenvalue weighted by molar-refractivity contribution is 0.295. The van der Waals surface area contributed by atoms with E-state index in [1.165, 1.54) is 0 Å². The standard InChI is InChI=1S/C20H23NO3S/c1-19(2,3)25(22)21-18(23-4)20(16-13-9-6-10-14-16)17(24-20)15-11-7-5-8-12-15/h5-14,17H,1-4H3/b21-18+/t17-,20+,25-/m1/s1. The normalized spacial score (nSPS) is 24.6. The first-order chi connectivity index (χ1) is 11.9. The summed E-state index contributed by atoms with van der Waals surface area (Å²) < 4.78 is 28.2. The molecular weight excluding hydrogens is 334 g/mol. The van der Waals surface area contributed by atoms with Gasteiger partial charge in [0.05, 0.1) is 11.9 Å². The lowest BCUT2D eigenvalue weighted by atomic mass is 9.91. The first-order valence-electron chi connectivity index (χ1n) is 8.23. The summed E-state index contributed by atoms with van der Waals surface area (Å²) in [7, 11) is 0.113. The first kappa shape index (κ1) is 17.8. The van der Waals surface area contributed by atoms with E-state index in [4.69, 9.17) is 9.47 Å². The minimum atomic E-state index is -1.44. The Morgan fingerprint density at radius 1 is 1.08 bits per heavy atom. The Labute approximate surface area is 151 Å². The van der Waals surface area contributed by atoms with Crippen LogP contribution in [0.4, 0.5) is 0 Å². The highest BCUT2D eigenvalue weighted by Crippen LogP contribution is 2.58. The van der Waals surface area contributed by atoms with Gasteiger partial charge in [0.15, 0.2) is 5.60 Å². The zero-order chi connectivity index (χ0) is 18.1. The highest BCUT2D eigenvalue weighted by Gasteiger charge is 2.64. The van der Waals surface area contributed by atoms with Crippen molar-refractivity contribution in [2.75, 3.05) is 7.11 Å². The molecule has 1 saturated heterocycles. The minimum Gasteiger partial charge on any atom is -0.481 e. The van der Waals surface area contributed by atoms with E-state index in [0.717, 1.165) is 11.1 Å². The fraction of sp³-hybridized carbons (Fsp3) is 0.350. The van der Waals surface area contributed by atoms with Gasteiger partial charge in [0, 0.05) is 0 Å². The predicted molar refractivity (Wildman–Crippen MR) is 101 cm³/mol. The Bertz CT molecular complexity index is 784. The van der Waals surface area contributed by atoms with Gasteiger partial charge < -0.3 is 9.47 Å². The SMILES string of the molecule is CO/C(=N/[S@](=O)C(C)(C)C)[C@@]1(c2ccccc2)O[C@@H]1c1ccccc1. The number of rotatable bonds is 4. The van der Waals surface area contributed by atoms with Gasteiger partial charge >= 0.3 is 0 Å². The van der Waals surface area contributed by atoms with Gasteiger partial charge in [-0.2, -0.15) is 4.40 Å². The zero-order valence-electron chi connectivity index (χ0n) is 14.9. The fourth-order valence-electron chi connectivity index (χ4n) is 2.74. The highest BCUT2D eigenvalue weighted by atomic mass is 32.2. The van der Waals surface area contributed by atoms with Gasteiger partial charge in [-0.1, -0.05) is 60.7 Å². The summed E-state index contributed by atoms with van der Waals surface area (Å²) in [5.74, 6) is 0.348. The topological polar surface area (TPSA) is 51.2 Å². The van der Waals surface area contributed by atoms with Gasteiger partial charge in [-0.3, -0.25) is 0 Å². The molecular formula is C20H23NO3S. The van der Waals surface area contributed by atoms with Crippen LogP contribution >= 0.6 is 0 Å². The largest absolute Gasteiger partial charge is 0.481 e. The molecule has 0 amide bonds. The quantitative estimate of drug-likeness (QED) is 0.469.